The molecule has 2 fully saturated rings. The smallest absolute Gasteiger partial charge is 0.314 e. The van der Waals surface area contributed by atoms with Gasteiger partial charge in [0, 0.05) is 38.2 Å². The highest BCUT2D eigenvalue weighted by molar-refractivity contribution is 5.73. The van der Waals surface area contributed by atoms with Gasteiger partial charge in [0.1, 0.15) is 0 Å². The van der Waals surface area contributed by atoms with Crippen molar-refractivity contribution in [2.24, 2.45) is 5.92 Å². The first kappa shape index (κ1) is 17.2. The van der Waals surface area contributed by atoms with Crippen molar-refractivity contribution in [1.29, 1.82) is 0 Å². The zero-order valence-corrected chi connectivity index (χ0v) is 14.3. The predicted molar refractivity (Wildman–Crippen MR) is 95.0 cm³/mol. The molecule has 2 aliphatic rings. The van der Waals surface area contributed by atoms with Gasteiger partial charge in [-0.15, -0.1) is 0 Å². The molecule has 5 heteroatoms. The predicted octanol–water partition coefficient (Wildman–Crippen LogP) is 1.94. The van der Waals surface area contributed by atoms with Gasteiger partial charge in [-0.2, -0.15) is 0 Å². The van der Waals surface area contributed by atoms with E-state index in [1.165, 1.54) is 25.8 Å². The third kappa shape index (κ3) is 4.95. The van der Waals surface area contributed by atoms with Crippen LogP contribution in [0.4, 0.5) is 4.79 Å². The molecule has 1 aliphatic heterocycles. The van der Waals surface area contributed by atoms with Crippen LogP contribution in [0.2, 0.25) is 0 Å². The van der Waals surface area contributed by atoms with Gasteiger partial charge in [-0.25, -0.2) is 4.79 Å². The quantitative estimate of drug-likeness (QED) is 0.682. The number of benzene rings is 1. The Hall–Kier alpha value is -1.59. The van der Waals surface area contributed by atoms with E-state index < -0.39 is 0 Å². The van der Waals surface area contributed by atoms with Crippen molar-refractivity contribution in [3.63, 3.8) is 0 Å². The molecule has 3 N–H and O–H groups in total. The first-order valence-electron chi connectivity index (χ1n) is 9.18. The molecular formula is C19H29N3O2. The van der Waals surface area contributed by atoms with Gasteiger partial charge in [0.05, 0.1) is 0 Å². The van der Waals surface area contributed by atoms with E-state index in [1.54, 1.807) is 0 Å². The van der Waals surface area contributed by atoms with E-state index in [-0.39, 0.29) is 18.6 Å². The van der Waals surface area contributed by atoms with E-state index in [4.69, 9.17) is 0 Å². The van der Waals surface area contributed by atoms with Crippen molar-refractivity contribution in [2.45, 2.75) is 37.6 Å². The zero-order chi connectivity index (χ0) is 16.8. The number of hydrogen-bond donors (Lipinski definition) is 3. The second-order valence-corrected chi connectivity index (χ2v) is 7.09. The second kappa shape index (κ2) is 8.49. The molecule has 1 saturated carbocycles. The van der Waals surface area contributed by atoms with Gasteiger partial charge in [0.2, 0.25) is 0 Å². The number of aliphatic hydroxyl groups is 1. The molecule has 24 heavy (non-hydrogen) atoms. The Balaban J connectivity index is 1.38. The highest BCUT2D eigenvalue weighted by Gasteiger charge is 2.34. The Bertz CT molecular complexity index is 519. The number of aliphatic hydroxyl groups excluding tert-OH is 1. The highest BCUT2D eigenvalue weighted by atomic mass is 16.3. The fraction of sp³-hybridized carbons (Fsp3) is 0.632. The van der Waals surface area contributed by atoms with E-state index in [1.807, 2.05) is 30.3 Å². The molecule has 0 spiro atoms. The first-order chi connectivity index (χ1) is 11.8. The van der Waals surface area contributed by atoms with Crippen molar-refractivity contribution in [3.05, 3.63) is 35.9 Å². The highest BCUT2D eigenvalue weighted by Crippen LogP contribution is 2.31. The first-order valence-corrected chi connectivity index (χ1v) is 9.18. The summed E-state index contributed by atoms with van der Waals surface area (Å²) in [5.41, 5.74) is 1.16. The Labute approximate surface area is 144 Å². The van der Waals surface area contributed by atoms with Crippen LogP contribution in [0.1, 0.15) is 37.2 Å². The molecule has 132 valence electrons. The Morgan fingerprint density at radius 1 is 1.21 bits per heavy atom. The molecule has 0 aromatic heterocycles. The van der Waals surface area contributed by atoms with Crippen LogP contribution < -0.4 is 10.6 Å². The van der Waals surface area contributed by atoms with Crippen molar-refractivity contribution in [1.82, 2.24) is 15.5 Å². The summed E-state index contributed by atoms with van der Waals surface area (Å²) in [6.45, 7) is 3.75. The minimum absolute atomic E-state index is 0.0984. The summed E-state index contributed by atoms with van der Waals surface area (Å²) in [6.07, 6.45) is 4.55. The molecule has 1 aliphatic carbocycles. The average Bonchev–Trinajstić information content (AvgIpc) is 3.36. The number of urea groups is 1. The van der Waals surface area contributed by atoms with Crippen LogP contribution in [0.15, 0.2) is 30.3 Å². The molecule has 2 amide bonds. The van der Waals surface area contributed by atoms with E-state index in [0.717, 1.165) is 24.7 Å². The number of carbonyl (C=O) groups excluding carboxylic acids is 1. The summed E-state index contributed by atoms with van der Waals surface area (Å²) in [6, 6.07) is 10.8. The standard InChI is InChI=1S/C19H29N3O2/c23-11-9-17(16-4-2-1-3-5-16)13-21-19(24)20-12-15-8-10-22(14-15)18-6-7-18/h1-5,15,17-18,23H,6-14H2,(H2,20,21,24). The minimum Gasteiger partial charge on any atom is -0.396 e. The molecule has 0 radical (unpaired) electrons. The molecule has 1 aromatic carbocycles. The summed E-state index contributed by atoms with van der Waals surface area (Å²) in [5, 5.41) is 15.2. The number of amides is 2. The monoisotopic (exact) mass is 331 g/mol. The van der Waals surface area contributed by atoms with Crippen molar-refractivity contribution < 1.29 is 9.90 Å². The fourth-order valence-electron chi connectivity index (χ4n) is 3.58. The molecule has 2 atom stereocenters. The summed E-state index contributed by atoms with van der Waals surface area (Å²) >= 11 is 0. The van der Waals surface area contributed by atoms with Gasteiger partial charge in [-0.1, -0.05) is 30.3 Å². The summed E-state index contributed by atoms with van der Waals surface area (Å²) in [7, 11) is 0. The van der Waals surface area contributed by atoms with Crippen LogP contribution >= 0.6 is 0 Å². The second-order valence-electron chi connectivity index (χ2n) is 7.09. The van der Waals surface area contributed by atoms with Gasteiger partial charge >= 0.3 is 6.03 Å². The summed E-state index contributed by atoms with van der Waals surface area (Å²) in [4.78, 5) is 14.6. The summed E-state index contributed by atoms with van der Waals surface area (Å²) in [5.74, 6) is 0.734. The number of nitrogens with zero attached hydrogens (tertiary/aromatic N) is 1. The van der Waals surface area contributed by atoms with E-state index in [0.29, 0.717) is 18.9 Å². The van der Waals surface area contributed by atoms with E-state index in [2.05, 4.69) is 15.5 Å². The molecule has 1 aromatic rings. The summed E-state index contributed by atoms with van der Waals surface area (Å²) < 4.78 is 0. The Kier molecular flexibility index (Phi) is 6.10. The van der Waals surface area contributed by atoms with E-state index >= 15 is 0 Å². The van der Waals surface area contributed by atoms with E-state index in [9.17, 15) is 9.90 Å². The molecule has 2 unspecified atom stereocenters. The van der Waals surface area contributed by atoms with Gasteiger partial charge in [0.25, 0.3) is 0 Å². The van der Waals surface area contributed by atoms with Crippen LogP contribution in [-0.2, 0) is 0 Å². The molecule has 0 bridgehead atoms. The number of nitrogens with one attached hydrogen (secondary N) is 2. The van der Waals surface area contributed by atoms with Crippen LogP contribution in [0, 0.1) is 5.92 Å². The third-order valence-corrected chi connectivity index (χ3v) is 5.19. The molecule has 1 heterocycles. The van der Waals surface area contributed by atoms with Gasteiger partial charge in [-0.3, -0.25) is 0 Å². The molecule has 1 saturated heterocycles. The fourth-order valence-corrected chi connectivity index (χ4v) is 3.58. The lowest BCUT2D eigenvalue weighted by atomic mass is 9.96. The number of carbonyl (C=O) groups is 1. The van der Waals surface area contributed by atoms with Crippen LogP contribution in [0.5, 0.6) is 0 Å². The van der Waals surface area contributed by atoms with Gasteiger partial charge < -0.3 is 20.6 Å². The largest absolute Gasteiger partial charge is 0.396 e. The lowest BCUT2D eigenvalue weighted by molar-refractivity contribution is 0.235. The number of rotatable bonds is 8. The van der Waals surface area contributed by atoms with Gasteiger partial charge in [0.15, 0.2) is 0 Å². The average molecular weight is 331 g/mol. The normalized spacial score (nSPS) is 22.3. The maximum Gasteiger partial charge on any atom is 0.314 e. The van der Waals surface area contributed by atoms with Crippen molar-refractivity contribution in [3.8, 4) is 0 Å². The van der Waals surface area contributed by atoms with Crippen molar-refractivity contribution >= 4 is 6.03 Å². The Morgan fingerprint density at radius 3 is 2.71 bits per heavy atom. The lowest BCUT2D eigenvalue weighted by Gasteiger charge is -2.18. The topological polar surface area (TPSA) is 64.6 Å². The van der Waals surface area contributed by atoms with Crippen molar-refractivity contribution in [2.75, 3.05) is 32.8 Å². The molecule has 5 nitrogen and oxygen atoms in total. The SMILES string of the molecule is O=C(NCC1CCN(C2CC2)C1)NCC(CCO)c1ccccc1. The zero-order valence-electron chi connectivity index (χ0n) is 14.3. The lowest BCUT2D eigenvalue weighted by Crippen LogP contribution is -2.40. The number of likely N-dealkylation sites (tertiary alicyclic amines) is 1. The van der Waals surface area contributed by atoms with Crippen LogP contribution in [0.25, 0.3) is 0 Å². The molecule has 3 rings (SSSR count). The number of hydrogen-bond acceptors (Lipinski definition) is 3. The van der Waals surface area contributed by atoms with Crippen LogP contribution in [0.3, 0.4) is 0 Å². The third-order valence-electron chi connectivity index (χ3n) is 5.19. The molecular weight excluding hydrogens is 302 g/mol. The van der Waals surface area contributed by atoms with Crippen LogP contribution in [-0.4, -0.2) is 54.9 Å². The Morgan fingerprint density at radius 2 is 2.00 bits per heavy atom. The minimum atomic E-state index is -0.0984. The maximum absolute atomic E-state index is 12.1. The maximum atomic E-state index is 12.1. The van der Waals surface area contributed by atoms with Gasteiger partial charge in [-0.05, 0) is 43.7 Å².